The lowest BCUT2D eigenvalue weighted by molar-refractivity contribution is -0.162. The molecule has 2 unspecified atom stereocenters. The molecule has 0 spiro atoms. The van der Waals surface area contributed by atoms with Gasteiger partial charge in [0, 0.05) is 7.11 Å². The van der Waals surface area contributed by atoms with Gasteiger partial charge in [0.15, 0.2) is 0 Å². The van der Waals surface area contributed by atoms with Gasteiger partial charge < -0.3 is 19.7 Å². The summed E-state index contributed by atoms with van der Waals surface area (Å²) in [7, 11) is 1.46. The van der Waals surface area contributed by atoms with Crippen LogP contribution in [0.15, 0.2) is 0 Å². The summed E-state index contributed by atoms with van der Waals surface area (Å²) in [6.45, 7) is 0.491. The van der Waals surface area contributed by atoms with Crippen LogP contribution in [0.5, 0.6) is 0 Å². The lowest BCUT2D eigenvalue weighted by Crippen LogP contribution is -2.48. The summed E-state index contributed by atoms with van der Waals surface area (Å²) in [6.07, 6.45) is -1.89. The summed E-state index contributed by atoms with van der Waals surface area (Å²) in [6, 6.07) is 0. The Hall–Kier alpha value is -0.160. The minimum Gasteiger partial charge on any atom is -0.388 e. The zero-order valence-electron chi connectivity index (χ0n) is 5.86. The summed E-state index contributed by atoms with van der Waals surface area (Å²) in [4.78, 5) is 0. The minimum absolute atomic E-state index is 0.246. The molecule has 1 aliphatic rings. The highest BCUT2D eigenvalue weighted by atomic mass is 16.5. The maximum Gasteiger partial charge on any atom is 0.113 e. The van der Waals surface area contributed by atoms with Gasteiger partial charge in [0.1, 0.15) is 18.3 Å². The first-order valence-electron chi connectivity index (χ1n) is 3.22. The first-order chi connectivity index (χ1) is 4.75. The average molecular weight is 148 g/mol. The fourth-order valence-electron chi connectivity index (χ4n) is 1.07. The van der Waals surface area contributed by atoms with Gasteiger partial charge in [0.25, 0.3) is 0 Å². The Labute approximate surface area is 59.4 Å². The summed E-state index contributed by atoms with van der Waals surface area (Å²) in [5.74, 6) is 0. The molecule has 0 aliphatic carbocycles. The van der Waals surface area contributed by atoms with Gasteiger partial charge in [-0.25, -0.2) is 0 Å². The van der Waals surface area contributed by atoms with Crippen molar-refractivity contribution in [2.45, 2.75) is 18.3 Å². The van der Waals surface area contributed by atoms with Crippen LogP contribution in [0.3, 0.4) is 0 Å². The number of rotatable bonds is 1. The molecule has 60 valence electrons. The van der Waals surface area contributed by atoms with Crippen molar-refractivity contribution in [2.24, 2.45) is 0 Å². The van der Waals surface area contributed by atoms with Gasteiger partial charge in [-0.05, 0) is 0 Å². The Balaban J connectivity index is 2.45. The van der Waals surface area contributed by atoms with E-state index in [4.69, 9.17) is 19.7 Å². The molecule has 1 fully saturated rings. The van der Waals surface area contributed by atoms with E-state index in [1.807, 2.05) is 0 Å². The van der Waals surface area contributed by atoms with E-state index >= 15 is 0 Å². The molecule has 0 bridgehead atoms. The van der Waals surface area contributed by atoms with Crippen LogP contribution < -0.4 is 0 Å². The van der Waals surface area contributed by atoms with E-state index in [0.29, 0.717) is 0 Å². The van der Waals surface area contributed by atoms with E-state index in [1.165, 1.54) is 7.11 Å². The number of hydrogen-bond acceptors (Lipinski definition) is 4. The second-order valence-corrected chi connectivity index (χ2v) is 2.37. The van der Waals surface area contributed by atoms with Crippen molar-refractivity contribution in [2.75, 3.05) is 20.3 Å². The van der Waals surface area contributed by atoms with Crippen molar-refractivity contribution >= 4 is 0 Å². The number of aliphatic hydroxyl groups is 2. The summed E-state index contributed by atoms with van der Waals surface area (Å²) in [5, 5.41) is 18.3. The van der Waals surface area contributed by atoms with Gasteiger partial charge in [-0.3, -0.25) is 0 Å². The molecule has 4 nitrogen and oxygen atoms in total. The molecule has 4 heteroatoms. The number of aliphatic hydroxyl groups excluding tert-OH is 2. The molecule has 2 N–H and O–H groups in total. The maximum atomic E-state index is 9.13. The molecule has 0 aromatic carbocycles. The quantitative estimate of drug-likeness (QED) is 0.488. The molecule has 1 saturated heterocycles. The summed E-state index contributed by atoms with van der Waals surface area (Å²) < 4.78 is 9.68. The van der Waals surface area contributed by atoms with Crippen LogP contribution in [0.1, 0.15) is 0 Å². The highest BCUT2D eigenvalue weighted by Gasteiger charge is 2.31. The zero-order valence-corrected chi connectivity index (χ0v) is 5.86. The largest absolute Gasteiger partial charge is 0.388 e. The molecule has 10 heavy (non-hydrogen) atoms. The van der Waals surface area contributed by atoms with Crippen molar-refractivity contribution in [1.82, 2.24) is 0 Å². The average Bonchev–Trinajstić information content (AvgIpc) is 1.88. The van der Waals surface area contributed by atoms with E-state index in [2.05, 4.69) is 0 Å². The minimum atomic E-state index is -0.700. The van der Waals surface area contributed by atoms with E-state index in [-0.39, 0.29) is 13.2 Å². The van der Waals surface area contributed by atoms with Crippen molar-refractivity contribution in [3.63, 3.8) is 0 Å². The first-order valence-corrected chi connectivity index (χ1v) is 3.22. The van der Waals surface area contributed by atoms with E-state index in [1.54, 1.807) is 0 Å². The van der Waals surface area contributed by atoms with Crippen LogP contribution in [0.25, 0.3) is 0 Å². The lowest BCUT2D eigenvalue weighted by atomic mass is 10.1. The predicted molar refractivity (Wildman–Crippen MR) is 33.6 cm³/mol. The molecule has 1 rings (SSSR count). The molecule has 1 heterocycles. The third-order valence-electron chi connectivity index (χ3n) is 1.61. The Morgan fingerprint density at radius 2 is 1.80 bits per heavy atom. The van der Waals surface area contributed by atoms with E-state index in [0.717, 1.165) is 0 Å². The number of hydrogen-bond donors (Lipinski definition) is 2. The molecule has 0 aromatic rings. The normalized spacial score (nSPS) is 41.7. The molecular weight excluding hydrogens is 136 g/mol. The van der Waals surface area contributed by atoms with Crippen LogP contribution in [0, 0.1) is 0 Å². The van der Waals surface area contributed by atoms with Gasteiger partial charge in [-0.2, -0.15) is 0 Å². The van der Waals surface area contributed by atoms with Crippen molar-refractivity contribution in [1.29, 1.82) is 0 Å². The van der Waals surface area contributed by atoms with Crippen LogP contribution in [-0.4, -0.2) is 48.8 Å². The van der Waals surface area contributed by atoms with Crippen LogP contribution in [0.4, 0.5) is 0 Å². The first kappa shape index (κ1) is 7.94. The smallest absolute Gasteiger partial charge is 0.113 e. The second-order valence-electron chi connectivity index (χ2n) is 2.37. The Morgan fingerprint density at radius 3 is 2.10 bits per heavy atom. The molecule has 3 atom stereocenters. The Kier molecular flexibility index (Phi) is 2.62. The molecular formula is C6H12O4. The Morgan fingerprint density at radius 1 is 1.30 bits per heavy atom. The topological polar surface area (TPSA) is 58.9 Å². The van der Waals surface area contributed by atoms with Crippen molar-refractivity contribution < 1.29 is 19.7 Å². The van der Waals surface area contributed by atoms with Gasteiger partial charge in [-0.1, -0.05) is 0 Å². The van der Waals surface area contributed by atoms with Gasteiger partial charge in [0.2, 0.25) is 0 Å². The summed E-state index contributed by atoms with van der Waals surface area (Å²) >= 11 is 0. The maximum absolute atomic E-state index is 9.13. The predicted octanol–water partition coefficient (Wildman–Crippen LogP) is -1.25. The van der Waals surface area contributed by atoms with E-state index in [9.17, 15) is 0 Å². The molecule has 0 aromatic heterocycles. The van der Waals surface area contributed by atoms with Gasteiger partial charge in [0.05, 0.1) is 13.2 Å². The summed E-state index contributed by atoms with van der Waals surface area (Å²) in [5.41, 5.74) is 0. The third-order valence-corrected chi connectivity index (χ3v) is 1.61. The molecule has 0 amide bonds. The molecule has 1 aliphatic heterocycles. The lowest BCUT2D eigenvalue weighted by Gasteiger charge is -2.30. The highest BCUT2D eigenvalue weighted by molar-refractivity contribution is 4.80. The number of methoxy groups -OCH3 is 1. The third kappa shape index (κ3) is 1.46. The van der Waals surface area contributed by atoms with Crippen molar-refractivity contribution in [3.05, 3.63) is 0 Å². The SMILES string of the molecule is COC1C(O)COC[C@H]1O. The van der Waals surface area contributed by atoms with Gasteiger partial charge in [-0.15, -0.1) is 0 Å². The van der Waals surface area contributed by atoms with Crippen LogP contribution in [-0.2, 0) is 9.47 Å². The number of ether oxygens (including phenoxy) is 2. The monoisotopic (exact) mass is 148 g/mol. The molecule has 0 radical (unpaired) electrons. The van der Waals surface area contributed by atoms with Crippen LogP contribution >= 0.6 is 0 Å². The zero-order chi connectivity index (χ0) is 7.56. The fourth-order valence-corrected chi connectivity index (χ4v) is 1.07. The second kappa shape index (κ2) is 3.30. The fraction of sp³-hybridized carbons (Fsp3) is 1.00. The molecule has 0 saturated carbocycles. The van der Waals surface area contributed by atoms with Gasteiger partial charge >= 0.3 is 0 Å². The van der Waals surface area contributed by atoms with Crippen molar-refractivity contribution in [3.8, 4) is 0 Å². The highest BCUT2D eigenvalue weighted by Crippen LogP contribution is 2.10. The Bertz CT molecular complexity index is 95.9. The standard InChI is InChI=1S/C6H12O4/c1-9-6-4(7)2-10-3-5(6)8/h4-8H,2-3H2,1H3/t4-,5?,6?/m1/s1. The van der Waals surface area contributed by atoms with E-state index < -0.39 is 18.3 Å². The van der Waals surface area contributed by atoms with Crippen LogP contribution in [0.2, 0.25) is 0 Å².